The second-order valence-corrected chi connectivity index (χ2v) is 12.0. The van der Waals surface area contributed by atoms with E-state index in [0.29, 0.717) is 11.8 Å². The predicted octanol–water partition coefficient (Wildman–Crippen LogP) is 9.22. The molecule has 1 aliphatic rings. The number of thiophene rings is 1. The SMILES string of the molecule is Cc1cc2c(c(-c3c(C(C)C)cccc3C(C)C)n1)NC(c1ccc3c(c1)sc1nc(C)cc(C)c13)N2. The molecule has 37 heavy (non-hydrogen) atoms. The van der Waals surface area contributed by atoms with Crippen molar-refractivity contribution >= 4 is 43.0 Å². The van der Waals surface area contributed by atoms with Crippen molar-refractivity contribution in [2.45, 2.75) is 66.5 Å². The summed E-state index contributed by atoms with van der Waals surface area (Å²) in [6, 6.07) is 17.9. The molecule has 2 N–H and O–H groups in total. The zero-order chi connectivity index (χ0) is 26.0. The number of benzene rings is 2. The number of aryl methyl sites for hydroxylation is 3. The van der Waals surface area contributed by atoms with Gasteiger partial charge in [-0.05, 0) is 73.1 Å². The normalized spacial score (nSPS) is 15.0. The number of pyridine rings is 2. The number of fused-ring (bicyclic) bond motifs is 4. The van der Waals surface area contributed by atoms with Crippen molar-refractivity contribution in [3.8, 4) is 11.3 Å². The van der Waals surface area contributed by atoms with E-state index in [1.54, 1.807) is 11.3 Å². The molecule has 0 fully saturated rings. The van der Waals surface area contributed by atoms with Gasteiger partial charge in [0.15, 0.2) is 0 Å². The minimum absolute atomic E-state index is 0.0172. The lowest BCUT2D eigenvalue weighted by Crippen LogP contribution is -2.12. The zero-order valence-electron chi connectivity index (χ0n) is 22.7. The van der Waals surface area contributed by atoms with Crippen molar-refractivity contribution in [2.24, 2.45) is 0 Å². The summed E-state index contributed by atoms with van der Waals surface area (Å²) in [5, 5.41) is 10.1. The Kier molecular flexibility index (Phi) is 5.72. The first-order valence-electron chi connectivity index (χ1n) is 13.2. The van der Waals surface area contributed by atoms with E-state index in [1.807, 2.05) is 0 Å². The molecular weight excluding hydrogens is 472 g/mol. The Morgan fingerprint density at radius 3 is 2.22 bits per heavy atom. The number of anilines is 2. The van der Waals surface area contributed by atoms with E-state index in [9.17, 15) is 0 Å². The molecule has 0 radical (unpaired) electrons. The molecule has 2 aromatic carbocycles. The van der Waals surface area contributed by atoms with E-state index in [4.69, 9.17) is 9.97 Å². The van der Waals surface area contributed by atoms with Gasteiger partial charge in [-0.25, -0.2) is 4.98 Å². The van der Waals surface area contributed by atoms with E-state index in [-0.39, 0.29) is 6.17 Å². The molecule has 0 spiro atoms. The van der Waals surface area contributed by atoms with E-state index in [0.717, 1.165) is 33.3 Å². The van der Waals surface area contributed by atoms with Crippen molar-refractivity contribution in [2.75, 3.05) is 10.6 Å². The van der Waals surface area contributed by atoms with E-state index in [2.05, 4.69) is 108 Å². The second kappa shape index (κ2) is 8.84. The van der Waals surface area contributed by atoms with Crippen LogP contribution in [0, 0.1) is 20.8 Å². The first-order valence-corrected chi connectivity index (χ1v) is 14.0. The summed E-state index contributed by atoms with van der Waals surface area (Å²) in [4.78, 5) is 11.0. The summed E-state index contributed by atoms with van der Waals surface area (Å²) in [6.45, 7) is 15.4. The van der Waals surface area contributed by atoms with Crippen LogP contribution in [0.2, 0.25) is 0 Å². The first-order chi connectivity index (χ1) is 17.7. The fraction of sp³-hybridized carbons (Fsp3) is 0.312. The molecule has 1 atom stereocenters. The summed E-state index contributed by atoms with van der Waals surface area (Å²) in [5.74, 6) is 0.820. The zero-order valence-corrected chi connectivity index (χ0v) is 23.5. The molecule has 1 unspecified atom stereocenters. The smallest absolute Gasteiger partial charge is 0.125 e. The largest absolute Gasteiger partial charge is 0.360 e. The lowest BCUT2D eigenvalue weighted by atomic mass is 9.86. The average Bonchev–Trinajstić information content (AvgIpc) is 3.43. The molecule has 1 aliphatic heterocycles. The molecule has 4 nitrogen and oxygen atoms in total. The summed E-state index contributed by atoms with van der Waals surface area (Å²) in [5.41, 5.74) is 11.8. The van der Waals surface area contributed by atoms with Crippen molar-refractivity contribution in [1.82, 2.24) is 9.97 Å². The first kappa shape index (κ1) is 23.9. The molecule has 5 aromatic rings. The molecule has 0 saturated heterocycles. The summed E-state index contributed by atoms with van der Waals surface area (Å²) < 4.78 is 1.27. The van der Waals surface area contributed by atoms with Crippen LogP contribution in [0.3, 0.4) is 0 Å². The molecule has 4 heterocycles. The number of nitrogens with one attached hydrogen (secondary N) is 2. The highest BCUT2D eigenvalue weighted by molar-refractivity contribution is 7.25. The molecular formula is C32H34N4S. The maximum atomic E-state index is 5.12. The number of nitrogens with zero attached hydrogens (tertiary/aromatic N) is 2. The molecule has 0 bridgehead atoms. The molecule has 0 aliphatic carbocycles. The van der Waals surface area contributed by atoms with Gasteiger partial charge in [0.1, 0.15) is 11.0 Å². The summed E-state index contributed by atoms with van der Waals surface area (Å²) in [6.07, 6.45) is -0.0172. The van der Waals surface area contributed by atoms with Crippen LogP contribution in [-0.4, -0.2) is 9.97 Å². The Hall–Kier alpha value is -3.44. The third-order valence-electron chi connectivity index (χ3n) is 7.47. The van der Waals surface area contributed by atoms with Crippen molar-refractivity contribution < 1.29 is 0 Å². The van der Waals surface area contributed by atoms with Crippen LogP contribution in [0.1, 0.15) is 79.3 Å². The fourth-order valence-electron chi connectivity index (χ4n) is 5.76. The predicted molar refractivity (Wildman–Crippen MR) is 159 cm³/mol. The molecule has 3 aromatic heterocycles. The molecule has 0 amide bonds. The van der Waals surface area contributed by atoms with Crippen LogP contribution in [0.25, 0.3) is 31.6 Å². The van der Waals surface area contributed by atoms with Crippen LogP contribution >= 0.6 is 11.3 Å². The van der Waals surface area contributed by atoms with Crippen LogP contribution in [0.15, 0.2) is 48.5 Å². The van der Waals surface area contributed by atoms with Gasteiger partial charge in [-0.3, -0.25) is 4.98 Å². The molecule has 188 valence electrons. The van der Waals surface area contributed by atoms with Crippen molar-refractivity contribution in [3.63, 3.8) is 0 Å². The third kappa shape index (κ3) is 3.97. The van der Waals surface area contributed by atoms with Crippen LogP contribution in [-0.2, 0) is 0 Å². The quantitative estimate of drug-likeness (QED) is 0.255. The Balaban J connectivity index is 1.46. The average molecular weight is 507 g/mol. The van der Waals surface area contributed by atoms with Gasteiger partial charge < -0.3 is 10.6 Å². The summed E-state index contributed by atoms with van der Waals surface area (Å²) >= 11 is 1.78. The standard InChI is InChI=1S/C32H34N4S/c1-16(2)22-9-8-10-23(17(3)4)28(22)30-29-25(14-20(7)33-30)35-31(36-29)21-11-12-24-26(15-21)37-32-27(24)18(5)13-19(6)34-32/h8-17,31,35-36H,1-7H3. The van der Waals surface area contributed by atoms with E-state index >= 15 is 0 Å². The third-order valence-corrected chi connectivity index (χ3v) is 8.52. The Labute approximate surface area is 223 Å². The highest BCUT2D eigenvalue weighted by Crippen LogP contribution is 2.46. The molecule has 5 heteroatoms. The van der Waals surface area contributed by atoms with Gasteiger partial charge >= 0.3 is 0 Å². The highest BCUT2D eigenvalue weighted by Gasteiger charge is 2.28. The minimum Gasteiger partial charge on any atom is -0.360 e. The fourth-order valence-corrected chi connectivity index (χ4v) is 7.00. The monoisotopic (exact) mass is 506 g/mol. The topological polar surface area (TPSA) is 49.8 Å². The Morgan fingerprint density at radius 2 is 1.51 bits per heavy atom. The van der Waals surface area contributed by atoms with Gasteiger partial charge in [0.25, 0.3) is 0 Å². The lowest BCUT2D eigenvalue weighted by molar-refractivity contribution is 0.836. The minimum atomic E-state index is -0.0172. The van der Waals surface area contributed by atoms with Gasteiger partial charge in [-0.15, -0.1) is 11.3 Å². The Morgan fingerprint density at radius 1 is 0.811 bits per heavy atom. The van der Waals surface area contributed by atoms with Gasteiger partial charge in [0.2, 0.25) is 0 Å². The lowest BCUT2D eigenvalue weighted by Gasteiger charge is -2.21. The van der Waals surface area contributed by atoms with Gasteiger partial charge in [0.05, 0.1) is 17.1 Å². The van der Waals surface area contributed by atoms with Gasteiger partial charge in [-0.1, -0.05) is 58.0 Å². The summed E-state index contributed by atoms with van der Waals surface area (Å²) in [7, 11) is 0. The Bertz CT molecular complexity index is 1650. The second-order valence-electron chi connectivity index (χ2n) is 11.0. The number of hydrogen-bond donors (Lipinski definition) is 2. The number of rotatable bonds is 4. The highest BCUT2D eigenvalue weighted by atomic mass is 32.1. The van der Waals surface area contributed by atoms with Crippen molar-refractivity contribution in [3.05, 3.63) is 82.2 Å². The molecule has 6 rings (SSSR count). The number of aromatic nitrogens is 2. The van der Waals surface area contributed by atoms with Gasteiger partial charge in [-0.2, -0.15) is 0 Å². The van der Waals surface area contributed by atoms with E-state index in [1.165, 1.54) is 43.3 Å². The maximum absolute atomic E-state index is 5.12. The van der Waals surface area contributed by atoms with Gasteiger partial charge in [0, 0.05) is 32.4 Å². The molecule has 0 saturated carbocycles. The maximum Gasteiger partial charge on any atom is 0.125 e. The van der Waals surface area contributed by atoms with Crippen molar-refractivity contribution in [1.29, 1.82) is 0 Å². The van der Waals surface area contributed by atoms with Crippen LogP contribution < -0.4 is 10.6 Å². The van der Waals surface area contributed by atoms with Crippen LogP contribution in [0.4, 0.5) is 11.4 Å². The van der Waals surface area contributed by atoms with E-state index < -0.39 is 0 Å². The number of hydrogen-bond acceptors (Lipinski definition) is 5. The van der Waals surface area contributed by atoms with Crippen LogP contribution in [0.5, 0.6) is 0 Å².